The molecule has 0 radical (unpaired) electrons. The van der Waals surface area contributed by atoms with Crippen LogP contribution in [0.3, 0.4) is 0 Å². The molecular formula is C14H25NO3. The van der Waals surface area contributed by atoms with E-state index in [1.807, 2.05) is 26.8 Å². The predicted molar refractivity (Wildman–Crippen MR) is 70.9 cm³/mol. The van der Waals surface area contributed by atoms with E-state index in [1.54, 1.807) is 0 Å². The van der Waals surface area contributed by atoms with Crippen molar-refractivity contribution in [1.29, 1.82) is 0 Å². The van der Waals surface area contributed by atoms with Crippen molar-refractivity contribution in [2.75, 3.05) is 6.61 Å². The van der Waals surface area contributed by atoms with E-state index in [9.17, 15) is 4.79 Å². The second-order valence-corrected chi connectivity index (χ2v) is 5.58. The Hall–Kier alpha value is -1.03. The van der Waals surface area contributed by atoms with Crippen LogP contribution in [0.25, 0.3) is 0 Å². The van der Waals surface area contributed by atoms with E-state index in [1.165, 1.54) is 24.3 Å². The Morgan fingerprint density at radius 1 is 1.39 bits per heavy atom. The lowest BCUT2D eigenvalue weighted by molar-refractivity contribution is -0.101. The van der Waals surface area contributed by atoms with Gasteiger partial charge in [0.15, 0.2) is 0 Å². The first-order valence-corrected chi connectivity index (χ1v) is 6.79. The number of hydrogen-bond donors (Lipinski definition) is 0. The highest BCUT2D eigenvalue weighted by Gasteiger charge is 2.28. The summed E-state index contributed by atoms with van der Waals surface area (Å²) in [5, 5.41) is 1.30. The van der Waals surface area contributed by atoms with Crippen LogP contribution in [0.5, 0.6) is 0 Å². The van der Waals surface area contributed by atoms with Crippen molar-refractivity contribution in [1.82, 2.24) is 5.06 Å². The molecule has 4 nitrogen and oxygen atoms in total. The molecule has 1 rings (SSSR count). The average molecular weight is 255 g/mol. The van der Waals surface area contributed by atoms with Gasteiger partial charge in [0.25, 0.3) is 0 Å². The number of ether oxygens (including phenoxy) is 1. The third-order valence-electron chi connectivity index (χ3n) is 2.63. The summed E-state index contributed by atoms with van der Waals surface area (Å²) in [6.07, 6.45) is 7.14. The summed E-state index contributed by atoms with van der Waals surface area (Å²) in [5.41, 5.74) is 0.441. The molecule has 1 aliphatic rings. The van der Waals surface area contributed by atoms with Gasteiger partial charge in [0, 0.05) is 0 Å². The van der Waals surface area contributed by atoms with Crippen molar-refractivity contribution in [2.45, 2.75) is 65.4 Å². The first-order valence-electron chi connectivity index (χ1n) is 6.79. The molecule has 0 saturated carbocycles. The van der Waals surface area contributed by atoms with Gasteiger partial charge in [-0.15, -0.1) is 0 Å². The van der Waals surface area contributed by atoms with E-state index in [-0.39, 0.29) is 0 Å². The fourth-order valence-electron chi connectivity index (χ4n) is 1.78. The van der Waals surface area contributed by atoms with Crippen LogP contribution in [-0.4, -0.2) is 23.4 Å². The first kappa shape index (κ1) is 15.0. The molecule has 0 unspecified atom stereocenters. The molecule has 0 aromatic heterocycles. The van der Waals surface area contributed by atoms with Crippen LogP contribution in [-0.2, 0) is 9.57 Å². The van der Waals surface area contributed by atoms with Gasteiger partial charge in [-0.1, -0.05) is 26.2 Å². The van der Waals surface area contributed by atoms with Gasteiger partial charge in [-0.05, 0) is 39.7 Å². The van der Waals surface area contributed by atoms with Crippen LogP contribution in [0.2, 0.25) is 0 Å². The zero-order chi connectivity index (χ0) is 13.6. The van der Waals surface area contributed by atoms with E-state index < -0.39 is 11.7 Å². The summed E-state index contributed by atoms with van der Waals surface area (Å²) < 4.78 is 5.30. The average Bonchev–Trinajstić information content (AvgIpc) is 2.70. The van der Waals surface area contributed by atoms with E-state index >= 15 is 0 Å². The minimum atomic E-state index is -0.490. The van der Waals surface area contributed by atoms with Gasteiger partial charge in [0.2, 0.25) is 0 Å². The highest BCUT2D eigenvalue weighted by Crippen LogP contribution is 2.22. The Labute approximate surface area is 110 Å². The molecule has 0 aromatic carbocycles. The van der Waals surface area contributed by atoms with Crippen molar-refractivity contribution in [3.05, 3.63) is 11.8 Å². The second kappa shape index (κ2) is 6.78. The largest absolute Gasteiger partial charge is 0.442 e. The van der Waals surface area contributed by atoms with Gasteiger partial charge in [-0.2, -0.15) is 5.06 Å². The molecule has 0 saturated heterocycles. The maximum absolute atomic E-state index is 11.9. The Morgan fingerprint density at radius 2 is 2.11 bits per heavy atom. The SMILES string of the molecule is CCCCCCC1=CCON1C(=O)OC(C)(C)C. The molecule has 1 amide bonds. The third kappa shape index (κ3) is 5.08. The van der Waals surface area contributed by atoms with Gasteiger partial charge < -0.3 is 4.74 Å². The van der Waals surface area contributed by atoms with Gasteiger partial charge in [-0.3, -0.25) is 4.84 Å². The van der Waals surface area contributed by atoms with Gasteiger partial charge >= 0.3 is 6.09 Å². The predicted octanol–water partition coefficient (Wildman–Crippen LogP) is 4.02. The Bertz CT molecular complexity index is 305. The minimum absolute atomic E-state index is 0.415. The maximum atomic E-state index is 11.9. The number of nitrogens with zero attached hydrogens (tertiary/aromatic N) is 1. The number of hydrogen-bond acceptors (Lipinski definition) is 3. The van der Waals surface area contributed by atoms with Crippen molar-refractivity contribution < 1.29 is 14.4 Å². The topological polar surface area (TPSA) is 38.8 Å². The lowest BCUT2D eigenvalue weighted by Gasteiger charge is -2.25. The van der Waals surface area contributed by atoms with E-state index in [4.69, 9.17) is 9.57 Å². The fraction of sp³-hybridized carbons (Fsp3) is 0.786. The van der Waals surface area contributed by atoms with E-state index in [0.29, 0.717) is 6.61 Å². The molecule has 0 N–H and O–H groups in total. The number of allylic oxidation sites excluding steroid dienone is 1. The lowest BCUT2D eigenvalue weighted by atomic mass is 10.1. The zero-order valence-electron chi connectivity index (χ0n) is 12.0. The molecular weight excluding hydrogens is 230 g/mol. The molecule has 1 aliphatic heterocycles. The number of carbonyl (C=O) groups excluding carboxylic acids is 1. The number of hydroxylamine groups is 2. The molecule has 0 bridgehead atoms. The first-order chi connectivity index (χ1) is 8.44. The summed E-state index contributed by atoms with van der Waals surface area (Å²) in [4.78, 5) is 17.2. The highest BCUT2D eigenvalue weighted by molar-refractivity contribution is 5.69. The van der Waals surface area contributed by atoms with Gasteiger partial charge in [0.1, 0.15) is 5.60 Å². The van der Waals surface area contributed by atoms with E-state index in [0.717, 1.165) is 18.5 Å². The van der Waals surface area contributed by atoms with Crippen LogP contribution >= 0.6 is 0 Å². The maximum Gasteiger partial charge on any atom is 0.439 e. The van der Waals surface area contributed by atoms with Crippen molar-refractivity contribution in [3.8, 4) is 0 Å². The molecule has 0 fully saturated rings. The van der Waals surface area contributed by atoms with Crippen LogP contribution in [0.1, 0.15) is 59.8 Å². The minimum Gasteiger partial charge on any atom is -0.442 e. The summed E-state index contributed by atoms with van der Waals surface area (Å²) in [6, 6.07) is 0. The molecule has 0 spiro atoms. The molecule has 18 heavy (non-hydrogen) atoms. The van der Waals surface area contributed by atoms with Crippen LogP contribution in [0.4, 0.5) is 4.79 Å². The van der Waals surface area contributed by atoms with Crippen molar-refractivity contribution >= 4 is 6.09 Å². The Morgan fingerprint density at radius 3 is 2.72 bits per heavy atom. The van der Waals surface area contributed by atoms with Gasteiger partial charge in [0.05, 0.1) is 12.3 Å². The zero-order valence-corrected chi connectivity index (χ0v) is 12.0. The summed E-state index contributed by atoms with van der Waals surface area (Å²) in [7, 11) is 0. The molecule has 0 aliphatic carbocycles. The number of amides is 1. The number of unbranched alkanes of at least 4 members (excludes halogenated alkanes) is 3. The Balaban J connectivity index is 2.41. The molecule has 4 heteroatoms. The molecule has 104 valence electrons. The third-order valence-corrected chi connectivity index (χ3v) is 2.63. The van der Waals surface area contributed by atoms with E-state index in [2.05, 4.69) is 6.92 Å². The second-order valence-electron chi connectivity index (χ2n) is 5.58. The number of rotatable bonds is 5. The summed E-state index contributed by atoms with van der Waals surface area (Å²) >= 11 is 0. The number of carbonyl (C=O) groups is 1. The van der Waals surface area contributed by atoms with Crippen LogP contribution in [0, 0.1) is 0 Å². The standard InChI is InChI=1S/C14H25NO3/c1-5-6-7-8-9-12-10-11-17-15(12)13(16)18-14(2,3)4/h10H,5-9,11H2,1-4H3. The molecule has 0 aromatic rings. The smallest absolute Gasteiger partial charge is 0.439 e. The molecule has 1 heterocycles. The van der Waals surface area contributed by atoms with Crippen LogP contribution in [0.15, 0.2) is 11.8 Å². The summed E-state index contributed by atoms with van der Waals surface area (Å²) in [5.74, 6) is 0. The highest BCUT2D eigenvalue weighted by atomic mass is 16.7. The van der Waals surface area contributed by atoms with Crippen molar-refractivity contribution in [2.24, 2.45) is 0 Å². The van der Waals surface area contributed by atoms with Crippen molar-refractivity contribution in [3.63, 3.8) is 0 Å². The normalized spacial score (nSPS) is 15.8. The van der Waals surface area contributed by atoms with Gasteiger partial charge in [-0.25, -0.2) is 4.79 Å². The van der Waals surface area contributed by atoms with Crippen LogP contribution < -0.4 is 0 Å². The Kier molecular flexibility index (Phi) is 5.66. The fourth-order valence-corrected chi connectivity index (χ4v) is 1.78. The summed E-state index contributed by atoms with van der Waals surface area (Å²) in [6.45, 7) is 8.20. The monoisotopic (exact) mass is 255 g/mol. The molecule has 0 atom stereocenters. The lowest BCUT2D eigenvalue weighted by Crippen LogP contribution is -2.34. The quantitative estimate of drug-likeness (QED) is 0.696.